The number of hydrogen-bond donors (Lipinski definition) is 2. The highest BCUT2D eigenvalue weighted by Crippen LogP contribution is 2.18. The Bertz CT molecular complexity index is 1230. The highest BCUT2D eigenvalue weighted by atomic mass is 32.2. The molecule has 8 nitrogen and oxygen atoms in total. The molecule has 0 aliphatic rings. The second-order valence-corrected chi connectivity index (χ2v) is 9.32. The number of amides is 1. The number of sulfonamides is 1. The van der Waals surface area contributed by atoms with Crippen molar-refractivity contribution in [1.82, 2.24) is 9.78 Å². The summed E-state index contributed by atoms with van der Waals surface area (Å²) in [5.41, 5.74) is 0.806. The fourth-order valence-electron chi connectivity index (χ4n) is 2.94. The van der Waals surface area contributed by atoms with E-state index in [0.29, 0.717) is 28.7 Å². The Kier molecular flexibility index (Phi) is 6.21. The maximum absolute atomic E-state index is 12.9. The van der Waals surface area contributed by atoms with Gasteiger partial charge in [-0.1, -0.05) is 32.0 Å². The Morgan fingerprint density at radius 2 is 1.63 bits per heavy atom. The molecule has 9 heteroatoms. The number of fused-ring (bicyclic) bond motifs is 1. The Labute approximate surface area is 175 Å². The van der Waals surface area contributed by atoms with E-state index in [4.69, 9.17) is 0 Å². The lowest BCUT2D eigenvalue weighted by Crippen LogP contribution is -2.29. The summed E-state index contributed by atoms with van der Waals surface area (Å²) in [7, 11) is -3.37. The Balaban J connectivity index is 1.91. The number of nitrogens with zero attached hydrogens (tertiary/aromatic N) is 2. The van der Waals surface area contributed by atoms with Crippen molar-refractivity contribution >= 4 is 38.1 Å². The molecule has 0 radical (unpaired) electrons. The smallest absolute Gasteiger partial charge is 0.276 e. The van der Waals surface area contributed by atoms with Crippen molar-refractivity contribution in [2.24, 2.45) is 5.92 Å². The number of carbonyl (C=O) groups excluding carboxylic acids is 1. The predicted octanol–water partition coefficient (Wildman–Crippen LogP) is 3.07. The zero-order chi connectivity index (χ0) is 21.9. The fourth-order valence-corrected chi connectivity index (χ4v) is 3.58. The molecular weight excluding hydrogens is 404 g/mol. The van der Waals surface area contributed by atoms with Crippen molar-refractivity contribution in [2.75, 3.05) is 15.8 Å². The van der Waals surface area contributed by atoms with Crippen LogP contribution in [-0.4, -0.2) is 29.9 Å². The van der Waals surface area contributed by atoms with Crippen LogP contribution in [0.4, 0.5) is 11.4 Å². The van der Waals surface area contributed by atoms with Crippen LogP contribution in [0, 0.1) is 5.92 Å². The Morgan fingerprint density at radius 3 is 2.23 bits per heavy atom. The SMILES string of the molecule is CCS(=O)(=O)Nc1ccc(NC(=O)c2nn(CC(C)C)c(=O)c3ccccc23)cc1. The maximum atomic E-state index is 12.9. The summed E-state index contributed by atoms with van der Waals surface area (Å²) >= 11 is 0. The van der Waals surface area contributed by atoms with Crippen LogP contribution in [0.2, 0.25) is 0 Å². The standard InChI is InChI=1S/C21H24N4O4S/c1-4-30(28,29)24-16-11-9-15(10-12-16)22-20(26)19-17-7-5-6-8-18(17)21(27)25(23-19)13-14(2)3/h5-12,14,24H,4,13H2,1-3H3,(H,22,26). The molecule has 1 heterocycles. The molecule has 0 bridgehead atoms. The van der Waals surface area contributed by atoms with Gasteiger partial charge in [-0.2, -0.15) is 5.10 Å². The van der Waals surface area contributed by atoms with Gasteiger partial charge in [0.25, 0.3) is 11.5 Å². The summed E-state index contributed by atoms with van der Waals surface area (Å²) in [6, 6.07) is 13.2. The van der Waals surface area contributed by atoms with Crippen LogP contribution in [0.3, 0.4) is 0 Å². The van der Waals surface area contributed by atoms with Gasteiger partial charge in [0.1, 0.15) is 0 Å². The first-order valence-electron chi connectivity index (χ1n) is 9.62. The van der Waals surface area contributed by atoms with Crippen molar-refractivity contribution in [3.05, 3.63) is 64.6 Å². The van der Waals surface area contributed by atoms with E-state index in [2.05, 4.69) is 15.1 Å². The van der Waals surface area contributed by atoms with Crippen LogP contribution in [-0.2, 0) is 16.6 Å². The highest BCUT2D eigenvalue weighted by Gasteiger charge is 2.17. The second kappa shape index (κ2) is 8.66. The third kappa shape index (κ3) is 4.85. The number of benzene rings is 2. The molecule has 0 aliphatic carbocycles. The van der Waals surface area contributed by atoms with Crippen molar-refractivity contribution in [1.29, 1.82) is 0 Å². The molecule has 0 spiro atoms. The number of nitrogens with one attached hydrogen (secondary N) is 2. The van der Waals surface area contributed by atoms with E-state index in [0.717, 1.165) is 0 Å². The van der Waals surface area contributed by atoms with E-state index in [1.807, 2.05) is 13.8 Å². The van der Waals surface area contributed by atoms with Gasteiger partial charge in [0.15, 0.2) is 5.69 Å². The van der Waals surface area contributed by atoms with E-state index in [9.17, 15) is 18.0 Å². The number of aromatic nitrogens is 2. The average Bonchev–Trinajstić information content (AvgIpc) is 2.71. The topological polar surface area (TPSA) is 110 Å². The van der Waals surface area contributed by atoms with Crippen LogP contribution in [0.5, 0.6) is 0 Å². The van der Waals surface area contributed by atoms with Crippen LogP contribution in [0.15, 0.2) is 53.3 Å². The van der Waals surface area contributed by atoms with E-state index in [1.165, 1.54) is 4.68 Å². The molecule has 3 aromatic rings. The summed E-state index contributed by atoms with van der Waals surface area (Å²) in [5.74, 6) is -0.298. The minimum Gasteiger partial charge on any atom is -0.321 e. The summed E-state index contributed by atoms with van der Waals surface area (Å²) in [6.07, 6.45) is 0. The minimum atomic E-state index is -3.37. The van der Waals surface area contributed by atoms with Crippen molar-refractivity contribution in [3.8, 4) is 0 Å². The molecular formula is C21H24N4O4S. The summed E-state index contributed by atoms with van der Waals surface area (Å²) < 4.78 is 27.1. The Morgan fingerprint density at radius 1 is 1.03 bits per heavy atom. The largest absolute Gasteiger partial charge is 0.321 e. The van der Waals surface area contributed by atoms with Gasteiger partial charge in [-0.15, -0.1) is 0 Å². The van der Waals surface area contributed by atoms with Gasteiger partial charge in [0.05, 0.1) is 11.1 Å². The first-order valence-corrected chi connectivity index (χ1v) is 11.3. The van der Waals surface area contributed by atoms with Gasteiger partial charge in [-0.3, -0.25) is 14.3 Å². The molecule has 2 aromatic carbocycles. The van der Waals surface area contributed by atoms with E-state index < -0.39 is 15.9 Å². The van der Waals surface area contributed by atoms with Crippen molar-refractivity contribution in [2.45, 2.75) is 27.3 Å². The number of carbonyl (C=O) groups is 1. The van der Waals surface area contributed by atoms with Crippen LogP contribution < -0.4 is 15.6 Å². The van der Waals surface area contributed by atoms with Gasteiger partial charge in [0, 0.05) is 23.3 Å². The highest BCUT2D eigenvalue weighted by molar-refractivity contribution is 7.92. The first-order chi connectivity index (χ1) is 14.2. The third-order valence-electron chi connectivity index (χ3n) is 4.42. The van der Waals surface area contributed by atoms with E-state index in [-0.39, 0.29) is 22.9 Å². The third-order valence-corrected chi connectivity index (χ3v) is 5.72. The average molecular weight is 429 g/mol. The quantitative estimate of drug-likeness (QED) is 0.601. The lowest BCUT2D eigenvalue weighted by atomic mass is 10.1. The van der Waals surface area contributed by atoms with E-state index in [1.54, 1.807) is 55.5 Å². The molecule has 0 aliphatic heterocycles. The molecule has 0 fully saturated rings. The van der Waals surface area contributed by atoms with Crippen molar-refractivity contribution in [3.63, 3.8) is 0 Å². The molecule has 30 heavy (non-hydrogen) atoms. The predicted molar refractivity (Wildman–Crippen MR) is 118 cm³/mol. The van der Waals surface area contributed by atoms with Gasteiger partial charge in [-0.25, -0.2) is 13.1 Å². The molecule has 0 saturated carbocycles. The molecule has 2 N–H and O–H groups in total. The summed E-state index contributed by atoms with van der Waals surface area (Å²) in [4.78, 5) is 25.6. The van der Waals surface area contributed by atoms with Gasteiger partial charge >= 0.3 is 0 Å². The zero-order valence-corrected chi connectivity index (χ0v) is 17.9. The van der Waals surface area contributed by atoms with Crippen LogP contribution >= 0.6 is 0 Å². The first kappa shape index (κ1) is 21.5. The lowest BCUT2D eigenvalue weighted by molar-refractivity contribution is 0.102. The fraction of sp³-hybridized carbons (Fsp3) is 0.286. The molecule has 3 rings (SSSR count). The molecule has 1 amide bonds. The van der Waals surface area contributed by atoms with E-state index >= 15 is 0 Å². The molecule has 158 valence electrons. The number of rotatable bonds is 7. The van der Waals surface area contributed by atoms with Crippen LogP contribution in [0.25, 0.3) is 10.8 Å². The molecule has 1 aromatic heterocycles. The molecule has 0 saturated heterocycles. The number of anilines is 2. The summed E-state index contributed by atoms with van der Waals surface area (Å²) in [6.45, 7) is 5.89. The normalized spacial score (nSPS) is 11.6. The van der Waals surface area contributed by atoms with Gasteiger partial charge in [0.2, 0.25) is 10.0 Å². The maximum Gasteiger partial charge on any atom is 0.276 e. The second-order valence-electron chi connectivity index (χ2n) is 7.31. The van der Waals surface area contributed by atoms with Gasteiger partial charge in [-0.05, 0) is 43.2 Å². The molecule has 0 atom stereocenters. The van der Waals surface area contributed by atoms with Gasteiger partial charge < -0.3 is 5.32 Å². The summed E-state index contributed by atoms with van der Waals surface area (Å²) in [5, 5.41) is 7.99. The minimum absolute atomic E-state index is 0.0314. The molecule has 0 unspecified atom stereocenters. The zero-order valence-electron chi connectivity index (χ0n) is 17.0. The monoisotopic (exact) mass is 428 g/mol. The number of hydrogen-bond acceptors (Lipinski definition) is 5. The lowest BCUT2D eigenvalue weighted by Gasteiger charge is -2.13. The van der Waals surface area contributed by atoms with Crippen molar-refractivity contribution < 1.29 is 13.2 Å². The van der Waals surface area contributed by atoms with Crippen LogP contribution in [0.1, 0.15) is 31.3 Å². The Hall–Kier alpha value is -3.20.